The van der Waals surface area contributed by atoms with Crippen LogP contribution in [0.2, 0.25) is 5.02 Å². The summed E-state index contributed by atoms with van der Waals surface area (Å²) in [7, 11) is -3.24. The molecule has 0 aromatic heterocycles. The Morgan fingerprint density at radius 1 is 1.29 bits per heavy atom. The van der Waals surface area contributed by atoms with E-state index in [2.05, 4.69) is 5.09 Å². The second kappa shape index (κ2) is 6.82. The fourth-order valence-electron chi connectivity index (χ4n) is 1.63. The maximum atomic E-state index is 12.5. The van der Waals surface area contributed by atoms with Crippen LogP contribution < -0.4 is 9.61 Å². The highest BCUT2D eigenvalue weighted by molar-refractivity contribution is 7.56. The molecule has 0 aliphatic carbocycles. The molecule has 0 aliphatic rings. The van der Waals surface area contributed by atoms with Crippen molar-refractivity contribution >= 4 is 25.1 Å². The lowest BCUT2D eigenvalue weighted by molar-refractivity contribution is -0.153. The molecule has 0 heterocycles. The molecular formula is C14H21ClNO4P. The monoisotopic (exact) mass is 333 g/mol. The zero-order chi connectivity index (χ0) is 16.3. The predicted molar refractivity (Wildman–Crippen MR) is 84.1 cm³/mol. The number of nitrogens with one attached hydrogen (secondary N) is 1. The lowest BCUT2D eigenvalue weighted by atomic mass is 10.1. The molecule has 1 N–H and O–H groups in total. The van der Waals surface area contributed by atoms with Crippen LogP contribution in [0.15, 0.2) is 24.3 Å². The van der Waals surface area contributed by atoms with Gasteiger partial charge in [0.25, 0.3) is 0 Å². The SMILES string of the molecule is CC(C)OC(=O)C(C)(C)NP(C)(=O)Oc1ccc(Cl)cc1. The third-order valence-corrected chi connectivity index (χ3v) is 4.21. The van der Waals surface area contributed by atoms with Crippen LogP contribution in [0.3, 0.4) is 0 Å². The van der Waals surface area contributed by atoms with E-state index in [1.807, 2.05) is 0 Å². The smallest absolute Gasteiger partial charge is 0.326 e. The van der Waals surface area contributed by atoms with Gasteiger partial charge in [-0.1, -0.05) is 11.6 Å². The van der Waals surface area contributed by atoms with Crippen LogP contribution in [0.25, 0.3) is 0 Å². The summed E-state index contributed by atoms with van der Waals surface area (Å²) in [6.45, 7) is 8.11. The van der Waals surface area contributed by atoms with E-state index in [4.69, 9.17) is 20.9 Å². The predicted octanol–water partition coefficient (Wildman–Crippen LogP) is 3.86. The minimum absolute atomic E-state index is 0.244. The van der Waals surface area contributed by atoms with Crippen molar-refractivity contribution in [3.05, 3.63) is 29.3 Å². The largest absolute Gasteiger partial charge is 0.462 e. The van der Waals surface area contributed by atoms with Crippen LogP contribution in [-0.2, 0) is 14.1 Å². The zero-order valence-corrected chi connectivity index (χ0v) is 14.5. The zero-order valence-electron chi connectivity index (χ0n) is 12.8. The molecule has 0 aliphatic heterocycles. The van der Waals surface area contributed by atoms with Crippen LogP contribution >= 0.6 is 19.1 Å². The number of rotatable bonds is 6. The van der Waals surface area contributed by atoms with Crippen molar-refractivity contribution in [2.75, 3.05) is 6.66 Å². The van der Waals surface area contributed by atoms with Crippen molar-refractivity contribution < 1.29 is 18.6 Å². The summed E-state index contributed by atoms with van der Waals surface area (Å²) in [5.74, 6) is -0.0787. The molecule has 118 valence electrons. The van der Waals surface area contributed by atoms with Crippen LogP contribution in [-0.4, -0.2) is 24.3 Å². The van der Waals surface area contributed by atoms with E-state index in [0.717, 1.165) is 0 Å². The van der Waals surface area contributed by atoms with Gasteiger partial charge < -0.3 is 9.26 Å². The number of benzene rings is 1. The standard InChI is InChI=1S/C14H21ClNO4P/c1-10(2)19-13(17)14(3,4)16-21(5,18)20-12-8-6-11(15)7-9-12/h6-10H,1-5H3,(H,16,18). The number of esters is 1. The van der Waals surface area contributed by atoms with Crippen molar-refractivity contribution in [2.24, 2.45) is 0 Å². The first-order valence-electron chi connectivity index (χ1n) is 6.55. The van der Waals surface area contributed by atoms with E-state index in [0.29, 0.717) is 10.8 Å². The summed E-state index contributed by atoms with van der Waals surface area (Å²) in [4.78, 5) is 12.0. The third kappa shape index (κ3) is 6.08. The molecule has 21 heavy (non-hydrogen) atoms. The Bertz CT molecular complexity index is 542. The van der Waals surface area contributed by atoms with Gasteiger partial charge in [0.05, 0.1) is 6.10 Å². The van der Waals surface area contributed by atoms with Gasteiger partial charge in [0.15, 0.2) is 0 Å². The highest BCUT2D eigenvalue weighted by Crippen LogP contribution is 2.41. The molecule has 0 spiro atoms. The first-order chi connectivity index (χ1) is 9.52. The Labute approximate surface area is 130 Å². The summed E-state index contributed by atoms with van der Waals surface area (Å²) in [5, 5.41) is 3.28. The summed E-state index contributed by atoms with van der Waals surface area (Å²) in [5.41, 5.74) is -1.12. The van der Waals surface area contributed by atoms with Crippen molar-refractivity contribution in [1.29, 1.82) is 0 Å². The average Bonchev–Trinajstić information content (AvgIpc) is 2.29. The quantitative estimate of drug-likeness (QED) is 0.632. The van der Waals surface area contributed by atoms with Crippen LogP contribution in [0.5, 0.6) is 5.75 Å². The van der Waals surface area contributed by atoms with Crippen LogP contribution in [0, 0.1) is 0 Å². The van der Waals surface area contributed by atoms with Gasteiger partial charge in [0, 0.05) is 11.7 Å². The minimum Gasteiger partial charge on any atom is -0.462 e. The molecular weight excluding hydrogens is 313 g/mol. The summed E-state index contributed by atoms with van der Waals surface area (Å²) in [6.07, 6.45) is -0.244. The van der Waals surface area contributed by atoms with Gasteiger partial charge in [0.2, 0.25) is 0 Å². The molecule has 1 unspecified atom stereocenters. The molecule has 5 nitrogen and oxygen atoms in total. The first-order valence-corrected chi connectivity index (χ1v) is 9.00. The summed E-state index contributed by atoms with van der Waals surface area (Å²) in [6, 6.07) is 6.49. The topological polar surface area (TPSA) is 64.6 Å². The van der Waals surface area contributed by atoms with Gasteiger partial charge >= 0.3 is 13.5 Å². The van der Waals surface area contributed by atoms with Crippen LogP contribution in [0.4, 0.5) is 0 Å². The third-order valence-electron chi connectivity index (χ3n) is 2.43. The maximum absolute atomic E-state index is 12.5. The number of hydrogen-bond donors (Lipinski definition) is 1. The molecule has 0 saturated heterocycles. The van der Waals surface area contributed by atoms with Gasteiger partial charge in [-0.2, -0.15) is 0 Å². The van der Waals surface area contributed by atoms with Crippen molar-refractivity contribution in [2.45, 2.75) is 39.3 Å². The van der Waals surface area contributed by atoms with Crippen LogP contribution in [0.1, 0.15) is 27.7 Å². The molecule has 0 fully saturated rings. The van der Waals surface area contributed by atoms with Gasteiger partial charge in [-0.3, -0.25) is 9.36 Å². The molecule has 0 bridgehead atoms. The molecule has 1 rings (SSSR count). The highest BCUT2D eigenvalue weighted by atomic mass is 35.5. The number of ether oxygens (including phenoxy) is 1. The fourth-order valence-corrected chi connectivity index (χ4v) is 3.44. The molecule has 0 amide bonds. The van der Waals surface area contributed by atoms with E-state index in [1.165, 1.54) is 6.66 Å². The Morgan fingerprint density at radius 3 is 2.29 bits per heavy atom. The Kier molecular flexibility index (Phi) is 5.85. The normalized spacial score (nSPS) is 14.6. The van der Waals surface area contributed by atoms with Crippen molar-refractivity contribution in [1.82, 2.24) is 5.09 Å². The lowest BCUT2D eigenvalue weighted by Crippen LogP contribution is -2.47. The van der Waals surface area contributed by atoms with Crippen molar-refractivity contribution in [3.63, 3.8) is 0 Å². The van der Waals surface area contributed by atoms with E-state index in [-0.39, 0.29) is 6.10 Å². The maximum Gasteiger partial charge on any atom is 0.326 e. The molecule has 1 aromatic carbocycles. The Hall–Kier alpha value is -1.03. The van der Waals surface area contributed by atoms with Gasteiger partial charge in [-0.15, -0.1) is 0 Å². The fraction of sp³-hybridized carbons (Fsp3) is 0.500. The van der Waals surface area contributed by atoms with E-state index in [9.17, 15) is 9.36 Å². The summed E-state index contributed by atoms with van der Waals surface area (Å²) < 4.78 is 23.1. The molecule has 1 aromatic rings. The number of hydrogen-bond acceptors (Lipinski definition) is 4. The van der Waals surface area contributed by atoms with E-state index >= 15 is 0 Å². The van der Waals surface area contributed by atoms with E-state index in [1.54, 1.807) is 52.0 Å². The van der Waals surface area contributed by atoms with E-state index < -0.39 is 19.0 Å². The minimum atomic E-state index is -3.24. The number of carbonyl (C=O) groups excluding carboxylic acids is 1. The van der Waals surface area contributed by atoms with Gasteiger partial charge in [0.1, 0.15) is 11.3 Å². The van der Waals surface area contributed by atoms with Crippen molar-refractivity contribution in [3.8, 4) is 5.75 Å². The van der Waals surface area contributed by atoms with Gasteiger partial charge in [-0.25, -0.2) is 5.09 Å². The highest BCUT2D eigenvalue weighted by Gasteiger charge is 2.36. The molecule has 1 atom stereocenters. The first kappa shape index (κ1) is 18.0. The second-order valence-electron chi connectivity index (χ2n) is 5.58. The Morgan fingerprint density at radius 2 is 1.81 bits per heavy atom. The van der Waals surface area contributed by atoms with Gasteiger partial charge in [-0.05, 0) is 52.0 Å². The number of halogens is 1. The summed E-state index contributed by atoms with van der Waals surface area (Å²) >= 11 is 5.78. The second-order valence-corrected chi connectivity index (χ2v) is 8.12. The molecule has 0 saturated carbocycles. The molecule has 0 radical (unpaired) electrons. The molecule has 7 heteroatoms. The average molecular weight is 334 g/mol. The lowest BCUT2D eigenvalue weighted by Gasteiger charge is -2.28. The Balaban J connectivity index is 2.76. The number of carbonyl (C=O) groups is 1.